The first-order chi connectivity index (χ1) is 12.9. The van der Waals surface area contributed by atoms with Crippen LogP contribution in [0.2, 0.25) is 0 Å². The molecule has 3 aromatic rings. The molecule has 0 radical (unpaired) electrons. The largest absolute Gasteiger partial charge is 0.344 e. The fourth-order valence-electron chi connectivity index (χ4n) is 3.27. The van der Waals surface area contributed by atoms with E-state index in [1.165, 1.54) is 10.2 Å². The molecule has 0 fully saturated rings. The Morgan fingerprint density at radius 2 is 1.70 bits per heavy atom. The van der Waals surface area contributed by atoms with Gasteiger partial charge in [-0.25, -0.2) is 4.68 Å². The summed E-state index contributed by atoms with van der Waals surface area (Å²) >= 11 is 0. The number of aromatic nitrogens is 2. The molecule has 0 aliphatic rings. The molecular formula is C22H25N3O2. The molecule has 27 heavy (non-hydrogen) atoms. The standard InChI is InChI=1S/C22H25N3O2/c1-5-15-10-12-16(13-11-15)19(14(2)3)23-21(26)20-17-8-6-7-9-18(17)22(27)25(4)24-20/h6-14,19H,5H2,1-4H3,(H,23,26)/t19-/m0/s1. The van der Waals surface area contributed by atoms with Crippen molar-refractivity contribution in [3.05, 3.63) is 75.7 Å². The van der Waals surface area contributed by atoms with Crippen molar-refractivity contribution in [3.63, 3.8) is 0 Å². The lowest BCUT2D eigenvalue weighted by molar-refractivity contribution is 0.0920. The summed E-state index contributed by atoms with van der Waals surface area (Å²) in [6.07, 6.45) is 0.979. The van der Waals surface area contributed by atoms with Crippen LogP contribution < -0.4 is 10.9 Å². The highest BCUT2D eigenvalue weighted by atomic mass is 16.2. The van der Waals surface area contributed by atoms with E-state index in [0.717, 1.165) is 12.0 Å². The van der Waals surface area contributed by atoms with E-state index in [4.69, 9.17) is 0 Å². The zero-order valence-electron chi connectivity index (χ0n) is 16.2. The minimum absolute atomic E-state index is 0.138. The molecule has 2 aromatic carbocycles. The van der Waals surface area contributed by atoms with Crippen LogP contribution in [0.1, 0.15) is 48.4 Å². The Labute approximate surface area is 159 Å². The van der Waals surface area contributed by atoms with Gasteiger partial charge >= 0.3 is 0 Å². The molecular weight excluding hydrogens is 338 g/mol. The second-order valence-electron chi connectivity index (χ2n) is 7.11. The van der Waals surface area contributed by atoms with Crippen molar-refractivity contribution in [1.29, 1.82) is 0 Å². The maximum Gasteiger partial charge on any atom is 0.274 e. The van der Waals surface area contributed by atoms with Gasteiger partial charge in [-0.1, -0.05) is 63.2 Å². The maximum atomic E-state index is 13.0. The van der Waals surface area contributed by atoms with Crippen molar-refractivity contribution in [2.75, 3.05) is 0 Å². The van der Waals surface area contributed by atoms with E-state index in [2.05, 4.69) is 55.5 Å². The third kappa shape index (κ3) is 3.77. The summed E-state index contributed by atoms with van der Waals surface area (Å²) in [7, 11) is 1.56. The SMILES string of the molecule is CCc1ccc([C@@H](NC(=O)c2nn(C)c(=O)c3ccccc23)C(C)C)cc1. The van der Waals surface area contributed by atoms with E-state index < -0.39 is 0 Å². The number of carbonyl (C=O) groups is 1. The van der Waals surface area contributed by atoms with Gasteiger partial charge in [0, 0.05) is 12.4 Å². The molecule has 5 nitrogen and oxygen atoms in total. The first-order valence-corrected chi connectivity index (χ1v) is 9.28. The Morgan fingerprint density at radius 3 is 2.30 bits per heavy atom. The van der Waals surface area contributed by atoms with Crippen LogP contribution in [-0.4, -0.2) is 15.7 Å². The minimum Gasteiger partial charge on any atom is -0.344 e. The molecule has 140 valence electrons. The Bertz CT molecular complexity index is 1020. The Hall–Kier alpha value is -2.95. The van der Waals surface area contributed by atoms with E-state index in [1.807, 2.05) is 6.07 Å². The van der Waals surface area contributed by atoms with Gasteiger partial charge in [-0.2, -0.15) is 5.10 Å². The lowest BCUT2D eigenvalue weighted by atomic mass is 9.94. The number of hydrogen-bond acceptors (Lipinski definition) is 3. The fourth-order valence-corrected chi connectivity index (χ4v) is 3.27. The van der Waals surface area contributed by atoms with Gasteiger partial charge in [0.2, 0.25) is 0 Å². The number of fused-ring (bicyclic) bond motifs is 1. The van der Waals surface area contributed by atoms with Crippen molar-refractivity contribution in [1.82, 2.24) is 15.1 Å². The van der Waals surface area contributed by atoms with Crippen LogP contribution in [0.4, 0.5) is 0 Å². The average molecular weight is 363 g/mol. The fraction of sp³-hybridized carbons (Fsp3) is 0.318. The predicted molar refractivity (Wildman–Crippen MR) is 108 cm³/mol. The number of rotatable bonds is 5. The zero-order chi connectivity index (χ0) is 19.6. The molecule has 0 aliphatic heterocycles. The molecule has 0 aliphatic carbocycles. The van der Waals surface area contributed by atoms with Crippen molar-refractivity contribution in [2.24, 2.45) is 13.0 Å². The van der Waals surface area contributed by atoms with Crippen molar-refractivity contribution in [3.8, 4) is 0 Å². The highest BCUT2D eigenvalue weighted by Gasteiger charge is 2.22. The number of aryl methyl sites for hydroxylation is 2. The second-order valence-corrected chi connectivity index (χ2v) is 7.11. The number of nitrogens with one attached hydrogen (secondary N) is 1. The summed E-state index contributed by atoms with van der Waals surface area (Å²) in [5, 5.41) is 8.40. The highest BCUT2D eigenvalue weighted by Crippen LogP contribution is 2.23. The van der Waals surface area contributed by atoms with Gasteiger partial charge in [-0.15, -0.1) is 0 Å². The van der Waals surface area contributed by atoms with Crippen molar-refractivity contribution in [2.45, 2.75) is 33.2 Å². The lowest BCUT2D eigenvalue weighted by Gasteiger charge is -2.23. The van der Waals surface area contributed by atoms with Crippen LogP contribution in [-0.2, 0) is 13.5 Å². The maximum absolute atomic E-state index is 13.0. The summed E-state index contributed by atoms with van der Waals surface area (Å²) in [5.74, 6) is -0.0692. The number of amides is 1. The summed E-state index contributed by atoms with van der Waals surface area (Å²) in [6, 6.07) is 15.3. The van der Waals surface area contributed by atoms with E-state index >= 15 is 0 Å². The molecule has 1 N–H and O–H groups in total. The van der Waals surface area contributed by atoms with E-state index in [1.54, 1.807) is 25.2 Å². The number of hydrogen-bond donors (Lipinski definition) is 1. The Kier molecular flexibility index (Phi) is 5.40. The van der Waals surface area contributed by atoms with Crippen LogP contribution in [0.3, 0.4) is 0 Å². The smallest absolute Gasteiger partial charge is 0.274 e. The lowest BCUT2D eigenvalue weighted by Crippen LogP contribution is -2.34. The molecule has 0 saturated carbocycles. The summed E-state index contributed by atoms with van der Waals surface area (Å²) < 4.78 is 1.22. The summed E-state index contributed by atoms with van der Waals surface area (Å²) in [6.45, 7) is 6.27. The molecule has 1 atom stereocenters. The van der Waals surface area contributed by atoms with Gasteiger partial charge in [-0.05, 0) is 29.5 Å². The molecule has 0 bridgehead atoms. The molecule has 1 aromatic heterocycles. The van der Waals surface area contributed by atoms with Gasteiger partial charge < -0.3 is 5.32 Å². The van der Waals surface area contributed by atoms with E-state index in [0.29, 0.717) is 10.8 Å². The van der Waals surface area contributed by atoms with Gasteiger partial charge in [0.25, 0.3) is 11.5 Å². The first-order valence-electron chi connectivity index (χ1n) is 9.28. The van der Waals surface area contributed by atoms with Crippen LogP contribution in [0.5, 0.6) is 0 Å². The van der Waals surface area contributed by atoms with Crippen LogP contribution in [0, 0.1) is 5.92 Å². The first kappa shape index (κ1) is 18.8. The minimum atomic E-state index is -0.278. The van der Waals surface area contributed by atoms with Crippen LogP contribution in [0.25, 0.3) is 10.8 Å². The second kappa shape index (κ2) is 7.74. The third-order valence-corrected chi connectivity index (χ3v) is 4.87. The summed E-state index contributed by atoms with van der Waals surface area (Å²) in [5.41, 5.74) is 2.38. The molecule has 5 heteroatoms. The Balaban J connectivity index is 1.98. The monoisotopic (exact) mass is 363 g/mol. The number of benzene rings is 2. The number of nitrogens with zero attached hydrogens (tertiary/aromatic N) is 2. The molecule has 1 heterocycles. The molecule has 0 saturated heterocycles. The van der Waals surface area contributed by atoms with E-state index in [-0.39, 0.29) is 29.1 Å². The topological polar surface area (TPSA) is 64.0 Å². The van der Waals surface area contributed by atoms with Crippen LogP contribution >= 0.6 is 0 Å². The summed E-state index contributed by atoms with van der Waals surface area (Å²) in [4.78, 5) is 25.3. The molecule has 3 rings (SSSR count). The molecule has 0 spiro atoms. The quantitative estimate of drug-likeness (QED) is 0.753. The molecule has 0 unspecified atom stereocenters. The number of carbonyl (C=O) groups excluding carboxylic acids is 1. The average Bonchev–Trinajstić information content (AvgIpc) is 2.68. The van der Waals surface area contributed by atoms with Crippen LogP contribution in [0.15, 0.2) is 53.3 Å². The predicted octanol–water partition coefficient (Wildman–Crippen LogP) is 3.62. The zero-order valence-corrected chi connectivity index (χ0v) is 16.2. The van der Waals surface area contributed by atoms with Gasteiger partial charge in [0.1, 0.15) is 0 Å². The van der Waals surface area contributed by atoms with Crippen molar-refractivity contribution >= 4 is 16.7 Å². The van der Waals surface area contributed by atoms with Gasteiger partial charge in [-0.3, -0.25) is 9.59 Å². The normalized spacial score (nSPS) is 12.3. The highest BCUT2D eigenvalue weighted by molar-refractivity contribution is 6.04. The van der Waals surface area contributed by atoms with Gasteiger partial charge in [0.05, 0.1) is 11.4 Å². The van der Waals surface area contributed by atoms with Gasteiger partial charge in [0.15, 0.2) is 5.69 Å². The molecule has 1 amide bonds. The Morgan fingerprint density at radius 1 is 1.07 bits per heavy atom. The third-order valence-electron chi connectivity index (χ3n) is 4.87. The van der Waals surface area contributed by atoms with E-state index in [9.17, 15) is 9.59 Å². The van der Waals surface area contributed by atoms with Crippen molar-refractivity contribution < 1.29 is 4.79 Å².